The first kappa shape index (κ1) is 11.3. The van der Waals surface area contributed by atoms with Gasteiger partial charge in [-0.15, -0.1) is 0 Å². The lowest BCUT2D eigenvalue weighted by atomic mass is 9.78. The van der Waals surface area contributed by atoms with E-state index in [2.05, 4.69) is 13.5 Å². The predicted molar refractivity (Wildman–Crippen MR) is 57.1 cm³/mol. The Bertz CT molecular complexity index is 212. The van der Waals surface area contributed by atoms with E-state index in [1.54, 1.807) is 0 Å². The first-order chi connectivity index (χ1) is 6.63. The van der Waals surface area contributed by atoms with Gasteiger partial charge in [-0.25, -0.2) is 4.79 Å². The van der Waals surface area contributed by atoms with Crippen molar-refractivity contribution >= 4 is 5.97 Å². The third-order valence-electron chi connectivity index (χ3n) is 3.38. The van der Waals surface area contributed by atoms with Crippen molar-refractivity contribution in [3.8, 4) is 0 Å². The zero-order valence-electron chi connectivity index (χ0n) is 8.96. The average molecular weight is 196 g/mol. The fourth-order valence-corrected chi connectivity index (χ4v) is 2.28. The molecule has 0 bridgehead atoms. The van der Waals surface area contributed by atoms with Crippen molar-refractivity contribution in [3.05, 3.63) is 12.2 Å². The molecule has 1 aliphatic rings. The Morgan fingerprint density at radius 2 is 1.79 bits per heavy atom. The van der Waals surface area contributed by atoms with E-state index in [1.165, 1.54) is 32.1 Å². The summed E-state index contributed by atoms with van der Waals surface area (Å²) in [5, 5.41) is 8.71. The summed E-state index contributed by atoms with van der Waals surface area (Å²) < 4.78 is 0. The molecule has 2 nitrogen and oxygen atoms in total. The third-order valence-corrected chi connectivity index (χ3v) is 3.38. The van der Waals surface area contributed by atoms with Gasteiger partial charge in [0, 0.05) is 5.57 Å². The Labute approximate surface area is 86.0 Å². The number of carboxylic acid groups (broad SMARTS) is 1. The first-order valence-electron chi connectivity index (χ1n) is 5.54. The smallest absolute Gasteiger partial charge is 0.330 e. The van der Waals surface area contributed by atoms with Gasteiger partial charge in [-0.1, -0.05) is 32.8 Å². The van der Waals surface area contributed by atoms with Gasteiger partial charge < -0.3 is 5.11 Å². The SMILES string of the molecule is C=C(CC1CCC(CC)CC1)C(=O)O. The zero-order chi connectivity index (χ0) is 10.6. The summed E-state index contributed by atoms with van der Waals surface area (Å²) in [6.07, 6.45) is 6.87. The molecule has 14 heavy (non-hydrogen) atoms. The van der Waals surface area contributed by atoms with Crippen LogP contribution in [0.4, 0.5) is 0 Å². The minimum atomic E-state index is -0.831. The second kappa shape index (κ2) is 5.18. The largest absolute Gasteiger partial charge is 0.478 e. The zero-order valence-corrected chi connectivity index (χ0v) is 8.96. The maximum absolute atomic E-state index is 10.6. The van der Waals surface area contributed by atoms with Crippen LogP contribution < -0.4 is 0 Å². The Morgan fingerprint density at radius 3 is 2.21 bits per heavy atom. The van der Waals surface area contributed by atoms with Crippen LogP contribution in [0.5, 0.6) is 0 Å². The fourth-order valence-electron chi connectivity index (χ4n) is 2.28. The summed E-state index contributed by atoms with van der Waals surface area (Å²) in [7, 11) is 0. The minimum absolute atomic E-state index is 0.380. The molecular formula is C12H20O2. The van der Waals surface area contributed by atoms with Crippen LogP contribution in [0.15, 0.2) is 12.2 Å². The molecule has 1 aliphatic carbocycles. The number of hydrogen-bond donors (Lipinski definition) is 1. The second-order valence-electron chi connectivity index (χ2n) is 4.41. The fraction of sp³-hybridized carbons (Fsp3) is 0.750. The average Bonchev–Trinajstić information content (AvgIpc) is 2.19. The van der Waals surface area contributed by atoms with E-state index in [-0.39, 0.29) is 0 Å². The third kappa shape index (κ3) is 3.17. The van der Waals surface area contributed by atoms with Crippen LogP contribution in [-0.2, 0) is 4.79 Å². The molecule has 0 spiro atoms. The van der Waals surface area contributed by atoms with Crippen LogP contribution in [0.1, 0.15) is 45.4 Å². The van der Waals surface area contributed by atoms with Crippen LogP contribution in [-0.4, -0.2) is 11.1 Å². The van der Waals surface area contributed by atoms with Crippen molar-refractivity contribution in [2.24, 2.45) is 11.8 Å². The minimum Gasteiger partial charge on any atom is -0.478 e. The summed E-state index contributed by atoms with van der Waals surface area (Å²) in [6, 6.07) is 0. The lowest BCUT2D eigenvalue weighted by Crippen LogP contribution is -2.16. The highest BCUT2D eigenvalue weighted by atomic mass is 16.4. The predicted octanol–water partition coefficient (Wildman–Crippen LogP) is 3.23. The standard InChI is InChI=1S/C12H20O2/c1-3-10-4-6-11(7-5-10)8-9(2)12(13)14/h10-11H,2-8H2,1H3,(H,13,14). The highest BCUT2D eigenvalue weighted by Gasteiger charge is 2.21. The van der Waals surface area contributed by atoms with E-state index in [9.17, 15) is 4.79 Å². The maximum atomic E-state index is 10.6. The Hall–Kier alpha value is -0.790. The molecule has 1 saturated carbocycles. The van der Waals surface area contributed by atoms with Gasteiger partial charge in [0.1, 0.15) is 0 Å². The van der Waals surface area contributed by atoms with Crippen LogP contribution in [0.3, 0.4) is 0 Å². The second-order valence-corrected chi connectivity index (χ2v) is 4.41. The van der Waals surface area contributed by atoms with Crippen molar-refractivity contribution in [2.45, 2.75) is 45.4 Å². The molecular weight excluding hydrogens is 176 g/mol. The van der Waals surface area contributed by atoms with Crippen LogP contribution >= 0.6 is 0 Å². The summed E-state index contributed by atoms with van der Waals surface area (Å²) in [5.74, 6) is 0.619. The topological polar surface area (TPSA) is 37.3 Å². The molecule has 1 rings (SSSR count). The Kier molecular flexibility index (Phi) is 4.18. The summed E-state index contributed by atoms with van der Waals surface area (Å²) in [4.78, 5) is 10.6. The van der Waals surface area contributed by atoms with Crippen molar-refractivity contribution in [3.63, 3.8) is 0 Å². The molecule has 0 aromatic heterocycles. The van der Waals surface area contributed by atoms with Gasteiger partial charge in [-0.2, -0.15) is 0 Å². The van der Waals surface area contributed by atoms with E-state index in [1.807, 2.05) is 0 Å². The highest BCUT2D eigenvalue weighted by molar-refractivity contribution is 5.85. The lowest BCUT2D eigenvalue weighted by Gasteiger charge is -2.27. The van der Waals surface area contributed by atoms with Gasteiger partial charge in [0.25, 0.3) is 0 Å². The van der Waals surface area contributed by atoms with Crippen molar-refractivity contribution in [1.82, 2.24) is 0 Å². The van der Waals surface area contributed by atoms with Crippen LogP contribution in [0, 0.1) is 11.8 Å². The van der Waals surface area contributed by atoms with Crippen LogP contribution in [0.2, 0.25) is 0 Å². The number of rotatable bonds is 4. The molecule has 80 valence electrons. The number of hydrogen-bond acceptors (Lipinski definition) is 1. The molecule has 2 heteroatoms. The van der Waals surface area contributed by atoms with Crippen LogP contribution in [0.25, 0.3) is 0 Å². The van der Waals surface area contributed by atoms with Crippen molar-refractivity contribution in [1.29, 1.82) is 0 Å². The number of carbonyl (C=O) groups is 1. The quantitative estimate of drug-likeness (QED) is 0.701. The molecule has 0 amide bonds. The van der Waals surface area contributed by atoms with Crippen molar-refractivity contribution < 1.29 is 9.90 Å². The molecule has 0 heterocycles. The van der Waals surface area contributed by atoms with E-state index < -0.39 is 5.97 Å². The summed E-state index contributed by atoms with van der Waals surface area (Å²) in [6.45, 7) is 5.83. The molecule has 1 N–H and O–H groups in total. The molecule has 0 aromatic carbocycles. The van der Waals surface area contributed by atoms with Crippen molar-refractivity contribution in [2.75, 3.05) is 0 Å². The normalized spacial score (nSPS) is 27.2. The summed E-state index contributed by atoms with van der Waals surface area (Å²) in [5.41, 5.74) is 0.380. The van der Waals surface area contributed by atoms with Gasteiger partial charge in [0.2, 0.25) is 0 Å². The monoisotopic (exact) mass is 196 g/mol. The Morgan fingerprint density at radius 1 is 1.29 bits per heavy atom. The van der Waals surface area contributed by atoms with Gasteiger partial charge >= 0.3 is 5.97 Å². The van der Waals surface area contributed by atoms with Gasteiger partial charge in [0.15, 0.2) is 0 Å². The van der Waals surface area contributed by atoms with E-state index in [0.717, 1.165) is 5.92 Å². The van der Waals surface area contributed by atoms with Gasteiger partial charge in [0.05, 0.1) is 0 Å². The van der Waals surface area contributed by atoms with Gasteiger partial charge in [-0.05, 0) is 31.1 Å². The molecule has 0 unspecified atom stereocenters. The number of carboxylic acids is 1. The number of aliphatic carboxylic acids is 1. The van der Waals surface area contributed by atoms with Gasteiger partial charge in [-0.3, -0.25) is 0 Å². The molecule has 0 radical (unpaired) electrons. The molecule has 0 atom stereocenters. The van der Waals surface area contributed by atoms with E-state index in [0.29, 0.717) is 17.9 Å². The first-order valence-corrected chi connectivity index (χ1v) is 5.54. The lowest BCUT2D eigenvalue weighted by molar-refractivity contribution is -0.132. The molecule has 1 fully saturated rings. The molecule has 0 saturated heterocycles. The maximum Gasteiger partial charge on any atom is 0.330 e. The summed E-state index contributed by atoms with van der Waals surface area (Å²) >= 11 is 0. The van der Waals surface area contributed by atoms with E-state index >= 15 is 0 Å². The molecule has 0 aliphatic heterocycles. The molecule has 0 aromatic rings. The van der Waals surface area contributed by atoms with E-state index in [4.69, 9.17) is 5.11 Å². The Balaban J connectivity index is 2.29. The highest BCUT2D eigenvalue weighted by Crippen LogP contribution is 2.33.